The van der Waals surface area contributed by atoms with Gasteiger partial charge in [-0.05, 0) is 203 Å². The highest BCUT2D eigenvalue weighted by Crippen LogP contribution is 3.53. The average Bonchev–Trinajstić information content (AvgIpc) is 3.35. The second-order valence-electron chi connectivity index (χ2n) is 22.7. The Labute approximate surface area is 225 Å². The summed E-state index contributed by atoms with van der Waals surface area (Å²) in [5.41, 5.74) is 14.6. The lowest BCUT2D eigenvalue weighted by atomic mass is 8.58. The summed E-state index contributed by atoms with van der Waals surface area (Å²) in [4.78, 5) is 0. The van der Waals surface area contributed by atoms with Crippen LogP contribution >= 0.6 is 11.8 Å². The molecule has 0 N–H and O–H groups in total. The Kier molecular flexibility index (Phi) is 0.968. The van der Waals surface area contributed by atoms with E-state index in [1.54, 1.807) is 25.0 Å². The number of thioether (sulfide) groups is 1. The lowest BCUT2D eigenvalue weighted by molar-refractivity contribution is -1.000. The number of rotatable bonds is 0. The molecule has 38 heavy (non-hydrogen) atoms. The molecule has 14 spiro atoms. The Morgan fingerprint density at radius 3 is 2.32 bits per heavy atom. The van der Waals surface area contributed by atoms with E-state index in [4.69, 9.17) is 0 Å². The van der Waals surface area contributed by atoms with Crippen LogP contribution < -0.4 is 0 Å². The van der Waals surface area contributed by atoms with Gasteiger partial charge in [0.1, 0.15) is 0 Å². The standard InChI is InChI=1S/C37H30S/c1-8-6-38-23-22-16-4-14-18-20-15-3-13-17-9-5-24-10(9)2-11(24)19-21-12(1)27(8)31(16)29(14,22)37-30(18,23)33(20)28(13,15)25(17)7-26(35(25,33)37)32(19,24)34(21,27)36(26,31)37/h8-23H,1-7H2. The molecule has 0 aromatic carbocycles. The summed E-state index contributed by atoms with van der Waals surface area (Å²) in [6.45, 7) is 0. The van der Waals surface area contributed by atoms with Gasteiger partial charge in [-0.15, -0.1) is 0 Å². The maximum Gasteiger partial charge on any atom is 0.0155 e. The largest absolute Gasteiger partial charge is 0.157 e. The van der Waals surface area contributed by atoms with Gasteiger partial charge in [0.05, 0.1) is 0 Å². The third kappa shape index (κ3) is 0.399. The molecule has 25 rings (SSSR count). The van der Waals surface area contributed by atoms with Crippen LogP contribution in [0.25, 0.3) is 0 Å². The van der Waals surface area contributed by atoms with Gasteiger partial charge >= 0.3 is 0 Å². The first-order valence-electron chi connectivity index (χ1n) is 18.4. The van der Waals surface area contributed by atoms with Crippen molar-refractivity contribution in [2.75, 3.05) is 5.75 Å². The second kappa shape index (κ2) is 2.51. The van der Waals surface area contributed by atoms with Gasteiger partial charge in [-0.1, -0.05) is 0 Å². The first-order valence-corrected chi connectivity index (χ1v) is 19.5. The van der Waals surface area contributed by atoms with Crippen molar-refractivity contribution in [2.45, 2.75) is 43.8 Å². The monoisotopic (exact) mass is 506 g/mol. The minimum Gasteiger partial charge on any atom is -0.157 e. The number of hydrogen-bond donors (Lipinski definition) is 0. The molecule has 2 heterocycles. The van der Waals surface area contributed by atoms with E-state index in [1.807, 2.05) is 19.3 Å². The van der Waals surface area contributed by atoms with Gasteiger partial charge in [-0.25, -0.2) is 0 Å². The fraction of sp³-hybridized carbons (Fsp3) is 1.00. The molecule has 10 bridgehead atoms. The van der Waals surface area contributed by atoms with E-state index in [0.29, 0.717) is 0 Å². The maximum absolute atomic E-state index is 2.81. The number of hydrogen-bond acceptors (Lipinski definition) is 1. The molecule has 25 fully saturated rings. The highest BCUT2D eigenvalue weighted by Gasteiger charge is 3.52. The summed E-state index contributed by atoms with van der Waals surface area (Å²) >= 11 is 2.81. The molecular weight excluding hydrogens is 476 g/mol. The highest BCUT2D eigenvalue weighted by molar-refractivity contribution is 8.00. The van der Waals surface area contributed by atoms with Crippen molar-refractivity contribution in [3.05, 3.63) is 0 Å². The van der Waals surface area contributed by atoms with Crippen LogP contribution in [0.2, 0.25) is 0 Å². The van der Waals surface area contributed by atoms with Crippen molar-refractivity contribution >= 4 is 11.8 Å². The Hall–Kier alpha value is 0.350. The summed E-state index contributed by atoms with van der Waals surface area (Å²) in [5, 5.41) is 1.25. The average molecular weight is 507 g/mol. The lowest BCUT2D eigenvalue weighted by Crippen LogP contribution is -3.43. The van der Waals surface area contributed by atoms with Crippen LogP contribution in [-0.2, 0) is 0 Å². The van der Waals surface area contributed by atoms with Crippen molar-refractivity contribution in [1.82, 2.24) is 0 Å². The topological polar surface area (TPSA) is 0 Å². The normalized spacial score (nSPS) is 121. The quantitative estimate of drug-likeness (QED) is 0.455. The zero-order chi connectivity index (χ0) is 21.9. The van der Waals surface area contributed by atoms with Gasteiger partial charge in [0.15, 0.2) is 0 Å². The Bertz CT molecular complexity index is 1990. The zero-order valence-electron chi connectivity index (χ0n) is 21.6. The third-order valence-corrected chi connectivity index (χ3v) is 30.5. The summed E-state index contributed by atoms with van der Waals surface area (Å²) in [6, 6.07) is 0. The SMILES string of the molecule is C1C2C3CC24C1C1C2C5CC6CSC7C8C9CC%10C%11C%12C%13CC%14C3C3%15CC%16%17C14C21C65C92C%108C4(C7%11C%12(C%14%133)C%15%164)C%1721. The van der Waals surface area contributed by atoms with Crippen molar-refractivity contribution < 1.29 is 0 Å². The highest BCUT2D eigenvalue weighted by atomic mass is 32.2. The Morgan fingerprint density at radius 2 is 1.34 bits per heavy atom. The van der Waals surface area contributed by atoms with Gasteiger partial charge in [-0.3, -0.25) is 0 Å². The number of fused-ring (bicyclic) bond motifs is 8. The van der Waals surface area contributed by atoms with Gasteiger partial charge in [0, 0.05) is 10.7 Å². The van der Waals surface area contributed by atoms with Crippen molar-refractivity contribution in [3.8, 4) is 0 Å². The summed E-state index contributed by atoms with van der Waals surface area (Å²) in [5.74, 6) is 21.5. The minimum atomic E-state index is 1.01. The van der Waals surface area contributed by atoms with Gasteiger partial charge in [0.25, 0.3) is 0 Å². The van der Waals surface area contributed by atoms with Crippen LogP contribution in [0.1, 0.15) is 38.5 Å². The van der Waals surface area contributed by atoms with E-state index in [-0.39, 0.29) is 0 Å². The molecule has 2 saturated heterocycles. The molecule has 0 aromatic heterocycles. The Balaban J connectivity index is 1.07. The molecular formula is C37H30S. The van der Waals surface area contributed by atoms with Crippen LogP contribution in [0, 0.1) is 165 Å². The van der Waals surface area contributed by atoms with Crippen molar-refractivity contribution in [1.29, 1.82) is 0 Å². The molecule has 1 heteroatoms. The minimum absolute atomic E-state index is 1.01. The van der Waals surface area contributed by atoms with E-state index < -0.39 is 0 Å². The van der Waals surface area contributed by atoms with E-state index in [2.05, 4.69) is 11.8 Å². The zero-order valence-corrected chi connectivity index (χ0v) is 22.4. The summed E-state index contributed by atoms with van der Waals surface area (Å²) in [7, 11) is 0. The van der Waals surface area contributed by atoms with E-state index in [0.717, 1.165) is 75.8 Å². The molecule has 30 unspecified atom stereocenters. The van der Waals surface area contributed by atoms with Crippen molar-refractivity contribution in [2.24, 2.45) is 165 Å². The molecule has 23 saturated carbocycles. The molecule has 0 nitrogen and oxygen atoms in total. The van der Waals surface area contributed by atoms with Gasteiger partial charge in [0.2, 0.25) is 0 Å². The molecule has 0 aromatic rings. The van der Waals surface area contributed by atoms with Crippen LogP contribution in [0.3, 0.4) is 0 Å². The molecule has 0 radical (unpaired) electrons. The fourth-order valence-electron chi connectivity index (χ4n) is 35.1. The first kappa shape index (κ1) is 14.7. The van der Waals surface area contributed by atoms with E-state index in [9.17, 15) is 0 Å². The van der Waals surface area contributed by atoms with Crippen LogP contribution in [-0.4, -0.2) is 11.0 Å². The predicted octanol–water partition coefficient (Wildman–Crippen LogP) is 4.79. The van der Waals surface area contributed by atoms with Crippen LogP contribution in [0.15, 0.2) is 0 Å². The smallest absolute Gasteiger partial charge is 0.0155 e. The van der Waals surface area contributed by atoms with Crippen molar-refractivity contribution in [3.63, 3.8) is 0 Å². The molecule has 23 aliphatic carbocycles. The fourth-order valence-corrected chi connectivity index (χ4v) is 37.3. The summed E-state index contributed by atoms with van der Waals surface area (Å²) in [6.07, 6.45) is 11.0. The predicted molar refractivity (Wildman–Crippen MR) is 130 cm³/mol. The first-order chi connectivity index (χ1) is 18.8. The molecule has 25 aliphatic rings. The summed E-state index contributed by atoms with van der Waals surface area (Å²) < 4.78 is 0. The second-order valence-corrected chi connectivity index (χ2v) is 23.9. The van der Waals surface area contributed by atoms with Gasteiger partial charge < -0.3 is 0 Å². The molecule has 2 aliphatic heterocycles. The van der Waals surface area contributed by atoms with Crippen LogP contribution in [0.4, 0.5) is 0 Å². The molecule has 30 atom stereocenters. The molecule has 0 amide bonds. The lowest BCUT2D eigenvalue weighted by Gasteiger charge is -3.45. The Morgan fingerprint density at radius 1 is 0.526 bits per heavy atom. The van der Waals surface area contributed by atoms with E-state index in [1.165, 1.54) is 94.0 Å². The third-order valence-electron chi connectivity index (χ3n) is 28.9. The maximum atomic E-state index is 2.81. The van der Waals surface area contributed by atoms with Gasteiger partial charge in [-0.2, -0.15) is 11.8 Å². The molecule has 184 valence electrons. The van der Waals surface area contributed by atoms with Crippen LogP contribution in [0.5, 0.6) is 0 Å². The van der Waals surface area contributed by atoms with E-state index >= 15 is 0 Å².